The Labute approximate surface area is 128 Å². The van der Waals surface area contributed by atoms with Gasteiger partial charge in [0.25, 0.3) is 0 Å². The molecule has 0 aliphatic carbocycles. The summed E-state index contributed by atoms with van der Waals surface area (Å²) in [4.78, 5) is 21.1. The van der Waals surface area contributed by atoms with Crippen molar-refractivity contribution in [2.75, 3.05) is 31.1 Å². The number of aromatic nitrogens is 4. The van der Waals surface area contributed by atoms with Crippen LogP contribution in [0.2, 0.25) is 0 Å². The van der Waals surface area contributed by atoms with Gasteiger partial charge in [0, 0.05) is 62.4 Å². The molecule has 1 aliphatic rings. The molecule has 1 aliphatic heterocycles. The summed E-state index contributed by atoms with van der Waals surface area (Å²) in [6.07, 6.45) is 5.42. The Kier molecular flexibility index (Phi) is 3.44. The maximum Gasteiger partial charge on any atom is 0.225 e. The molecular weight excluding hydrogens is 276 g/mol. The highest BCUT2D eigenvalue weighted by Gasteiger charge is 2.19. The van der Waals surface area contributed by atoms with E-state index in [4.69, 9.17) is 0 Å². The highest BCUT2D eigenvalue weighted by atomic mass is 15.3. The van der Waals surface area contributed by atoms with Gasteiger partial charge >= 0.3 is 0 Å². The molecular formula is C16H18N6. The predicted molar refractivity (Wildman–Crippen MR) is 85.6 cm³/mol. The van der Waals surface area contributed by atoms with Gasteiger partial charge in [-0.05, 0) is 24.3 Å². The number of aromatic amines is 1. The van der Waals surface area contributed by atoms with E-state index in [0.717, 1.165) is 44.3 Å². The van der Waals surface area contributed by atoms with Crippen molar-refractivity contribution in [2.24, 2.45) is 0 Å². The summed E-state index contributed by atoms with van der Waals surface area (Å²) in [5.41, 5.74) is 2.19. The molecule has 6 heteroatoms. The largest absolute Gasteiger partial charge is 0.342 e. The number of nitrogens with zero attached hydrogens (tertiary/aromatic N) is 5. The summed E-state index contributed by atoms with van der Waals surface area (Å²) in [5.74, 6) is 0.831. The van der Waals surface area contributed by atoms with Gasteiger partial charge in [0.05, 0.1) is 0 Å². The van der Waals surface area contributed by atoms with E-state index < -0.39 is 0 Å². The summed E-state index contributed by atoms with van der Waals surface area (Å²) in [5, 5.41) is 1.17. The Morgan fingerprint density at radius 3 is 2.50 bits per heavy atom. The highest BCUT2D eigenvalue weighted by molar-refractivity contribution is 5.76. The van der Waals surface area contributed by atoms with E-state index in [1.54, 1.807) is 12.4 Å². The van der Waals surface area contributed by atoms with Gasteiger partial charge in [0.2, 0.25) is 5.95 Å². The Hall–Kier alpha value is -2.47. The third kappa shape index (κ3) is 2.65. The molecule has 6 nitrogen and oxygen atoms in total. The third-order valence-corrected chi connectivity index (χ3v) is 4.05. The van der Waals surface area contributed by atoms with Crippen molar-refractivity contribution < 1.29 is 0 Å². The molecule has 1 saturated heterocycles. The van der Waals surface area contributed by atoms with Gasteiger partial charge in [0.15, 0.2) is 0 Å². The first kappa shape index (κ1) is 13.2. The number of rotatable bonds is 3. The van der Waals surface area contributed by atoms with E-state index in [0.29, 0.717) is 0 Å². The first-order valence-corrected chi connectivity index (χ1v) is 7.55. The Balaban J connectivity index is 1.39. The smallest absolute Gasteiger partial charge is 0.225 e. The van der Waals surface area contributed by atoms with Crippen LogP contribution in [-0.4, -0.2) is 51.0 Å². The second-order valence-electron chi connectivity index (χ2n) is 5.55. The van der Waals surface area contributed by atoms with E-state index >= 15 is 0 Å². The molecule has 0 saturated carbocycles. The van der Waals surface area contributed by atoms with Crippen molar-refractivity contribution in [3.05, 3.63) is 48.5 Å². The molecule has 0 aromatic carbocycles. The fourth-order valence-electron chi connectivity index (χ4n) is 2.90. The molecule has 22 heavy (non-hydrogen) atoms. The second kappa shape index (κ2) is 5.73. The van der Waals surface area contributed by atoms with Gasteiger partial charge in [-0.15, -0.1) is 0 Å². The average molecular weight is 294 g/mol. The van der Waals surface area contributed by atoms with Gasteiger partial charge in [-0.25, -0.2) is 15.0 Å². The topological polar surface area (TPSA) is 60.9 Å². The summed E-state index contributed by atoms with van der Waals surface area (Å²) >= 11 is 0. The Morgan fingerprint density at radius 2 is 1.73 bits per heavy atom. The number of pyridine rings is 1. The number of anilines is 1. The van der Waals surface area contributed by atoms with Crippen molar-refractivity contribution in [3.63, 3.8) is 0 Å². The summed E-state index contributed by atoms with van der Waals surface area (Å²) in [6, 6.07) is 8.10. The van der Waals surface area contributed by atoms with Crippen LogP contribution >= 0.6 is 0 Å². The molecule has 4 rings (SSSR count). The average Bonchev–Trinajstić information content (AvgIpc) is 2.98. The van der Waals surface area contributed by atoms with E-state index in [1.165, 1.54) is 11.1 Å². The van der Waals surface area contributed by atoms with Gasteiger partial charge in [-0.2, -0.15) is 0 Å². The molecule has 0 radical (unpaired) electrons. The van der Waals surface area contributed by atoms with E-state index in [1.807, 2.05) is 18.3 Å². The molecule has 0 spiro atoms. The minimum atomic E-state index is 0.831. The van der Waals surface area contributed by atoms with Crippen LogP contribution in [0.5, 0.6) is 0 Å². The summed E-state index contributed by atoms with van der Waals surface area (Å²) in [7, 11) is 0. The van der Waals surface area contributed by atoms with Crippen LogP contribution in [0.4, 0.5) is 5.95 Å². The van der Waals surface area contributed by atoms with Crippen molar-refractivity contribution in [1.82, 2.24) is 24.8 Å². The second-order valence-corrected chi connectivity index (χ2v) is 5.55. The number of nitrogens with one attached hydrogen (secondary N) is 1. The van der Waals surface area contributed by atoms with Crippen LogP contribution in [0.15, 0.2) is 42.9 Å². The molecule has 0 unspecified atom stereocenters. The lowest BCUT2D eigenvalue weighted by Crippen LogP contribution is -2.46. The minimum absolute atomic E-state index is 0.831. The first-order chi connectivity index (χ1) is 10.9. The van der Waals surface area contributed by atoms with E-state index in [9.17, 15) is 0 Å². The zero-order valence-electron chi connectivity index (χ0n) is 12.3. The molecule has 0 bridgehead atoms. The molecule has 1 fully saturated rings. The number of hydrogen-bond acceptors (Lipinski definition) is 5. The summed E-state index contributed by atoms with van der Waals surface area (Å²) in [6.45, 7) is 4.88. The maximum absolute atomic E-state index is 4.35. The highest BCUT2D eigenvalue weighted by Crippen LogP contribution is 2.16. The van der Waals surface area contributed by atoms with Gasteiger partial charge in [-0.3, -0.25) is 4.90 Å². The van der Waals surface area contributed by atoms with Crippen LogP contribution in [0.25, 0.3) is 11.0 Å². The van der Waals surface area contributed by atoms with Crippen molar-refractivity contribution in [3.8, 4) is 0 Å². The minimum Gasteiger partial charge on any atom is -0.342 e. The van der Waals surface area contributed by atoms with Crippen LogP contribution < -0.4 is 4.90 Å². The first-order valence-electron chi connectivity index (χ1n) is 7.55. The fraction of sp³-hybridized carbons (Fsp3) is 0.312. The fourth-order valence-corrected chi connectivity index (χ4v) is 2.90. The SMILES string of the molecule is c1cnc(N2CCN(Cc3cc4cccnc4[nH]3)CC2)nc1. The quantitative estimate of drug-likeness (QED) is 0.796. The Bertz CT molecular complexity index is 712. The number of piperazine rings is 1. The third-order valence-electron chi connectivity index (χ3n) is 4.05. The molecule has 3 aromatic heterocycles. The molecule has 3 aromatic rings. The van der Waals surface area contributed by atoms with Gasteiger partial charge in [0.1, 0.15) is 5.65 Å². The standard InChI is InChI=1S/C16H18N6/c1-3-13-11-14(20-15(13)17-4-1)12-21-7-9-22(10-8-21)16-18-5-2-6-19-16/h1-6,11H,7-10,12H2,(H,17,20). The van der Waals surface area contributed by atoms with Gasteiger partial charge < -0.3 is 9.88 Å². The molecule has 0 amide bonds. The molecule has 4 heterocycles. The van der Waals surface area contributed by atoms with Crippen molar-refractivity contribution in [2.45, 2.75) is 6.54 Å². The normalized spacial score (nSPS) is 16.3. The number of H-pyrrole nitrogens is 1. The Morgan fingerprint density at radius 1 is 0.955 bits per heavy atom. The molecule has 1 N–H and O–H groups in total. The van der Waals surface area contributed by atoms with Crippen LogP contribution in [-0.2, 0) is 6.54 Å². The summed E-state index contributed by atoms with van der Waals surface area (Å²) < 4.78 is 0. The number of hydrogen-bond donors (Lipinski definition) is 1. The van der Waals surface area contributed by atoms with Crippen molar-refractivity contribution in [1.29, 1.82) is 0 Å². The lowest BCUT2D eigenvalue weighted by molar-refractivity contribution is 0.246. The van der Waals surface area contributed by atoms with Gasteiger partial charge in [-0.1, -0.05) is 0 Å². The van der Waals surface area contributed by atoms with Crippen LogP contribution in [0, 0.1) is 0 Å². The number of fused-ring (bicyclic) bond motifs is 1. The zero-order chi connectivity index (χ0) is 14.8. The lowest BCUT2D eigenvalue weighted by atomic mass is 10.3. The maximum atomic E-state index is 4.35. The van der Waals surface area contributed by atoms with E-state index in [-0.39, 0.29) is 0 Å². The lowest BCUT2D eigenvalue weighted by Gasteiger charge is -2.34. The molecule has 0 atom stereocenters. The predicted octanol–water partition coefficient (Wildman–Crippen LogP) is 1.68. The van der Waals surface area contributed by atoms with Crippen LogP contribution in [0.1, 0.15) is 5.69 Å². The van der Waals surface area contributed by atoms with E-state index in [2.05, 4.69) is 41.9 Å². The van der Waals surface area contributed by atoms with Crippen LogP contribution in [0.3, 0.4) is 0 Å². The monoisotopic (exact) mass is 294 g/mol. The zero-order valence-corrected chi connectivity index (χ0v) is 12.3. The molecule has 112 valence electrons. The van der Waals surface area contributed by atoms with Crippen molar-refractivity contribution >= 4 is 17.0 Å².